The van der Waals surface area contributed by atoms with Crippen molar-refractivity contribution in [2.75, 3.05) is 11.9 Å². The van der Waals surface area contributed by atoms with Crippen LogP contribution in [0.4, 0.5) is 11.4 Å². The van der Waals surface area contributed by atoms with Gasteiger partial charge in [-0.3, -0.25) is 24.3 Å². The third-order valence-corrected chi connectivity index (χ3v) is 8.50. The van der Waals surface area contributed by atoms with Gasteiger partial charge in [0, 0.05) is 53.2 Å². The summed E-state index contributed by atoms with van der Waals surface area (Å²) in [5.41, 5.74) is 2.48. The molecule has 1 heterocycles. The summed E-state index contributed by atoms with van der Waals surface area (Å²) in [5.74, 6) is -0.701. The Bertz CT molecular complexity index is 1910. The Morgan fingerprint density at radius 1 is 1.04 bits per heavy atom. The van der Waals surface area contributed by atoms with Gasteiger partial charge in [-0.25, -0.2) is 4.98 Å². The number of nitrogens with one attached hydrogen (secondary N) is 2. The second kappa shape index (κ2) is 15.6. The number of benzene rings is 4. The molecule has 5 rings (SSSR count). The van der Waals surface area contributed by atoms with Crippen LogP contribution in [0, 0.1) is 10.1 Å². The second-order valence-electron chi connectivity index (χ2n) is 11.1. The average Bonchev–Trinajstić information content (AvgIpc) is 3.52. The van der Waals surface area contributed by atoms with E-state index in [0.717, 1.165) is 32.9 Å². The standard InChI is InChI=1S/C35H33BrN6O4S/c1-2-7-29(38-33(43)19-31-20-37-23-41(31)34(44)25-14-16-30(17-15-25)42(45)46)22-40(35(47)39-28-12-6-11-27(36)18-28)21-26-10-5-9-24-8-3-4-13-32(24)26/h3-6,8-18,20,23,29H,2,7,19,21-22H2,1H3,(H,38,43)(H,39,47). The number of halogens is 1. The molecule has 0 radical (unpaired) electrons. The van der Waals surface area contributed by atoms with Gasteiger partial charge < -0.3 is 15.5 Å². The minimum absolute atomic E-state index is 0.0804. The number of carbonyl (C=O) groups excluding carboxylic acids is 2. The molecule has 2 N–H and O–H groups in total. The van der Waals surface area contributed by atoms with Gasteiger partial charge in [-0.1, -0.05) is 77.8 Å². The van der Waals surface area contributed by atoms with Gasteiger partial charge in [0.2, 0.25) is 5.91 Å². The maximum Gasteiger partial charge on any atom is 0.269 e. The predicted molar refractivity (Wildman–Crippen MR) is 190 cm³/mol. The zero-order valence-electron chi connectivity index (χ0n) is 25.6. The van der Waals surface area contributed by atoms with Gasteiger partial charge in [-0.05, 0) is 65.3 Å². The van der Waals surface area contributed by atoms with Crippen LogP contribution in [-0.2, 0) is 17.8 Å². The van der Waals surface area contributed by atoms with Gasteiger partial charge in [0.05, 0.1) is 17.0 Å². The summed E-state index contributed by atoms with van der Waals surface area (Å²) in [7, 11) is 0. The average molecular weight is 714 g/mol. The van der Waals surface area contributed by atoms with Crippen molar-refractivity contribution in [2.45, 2.75) is 38.8 Å². The zero-order valence-corrected chi connectivity index (χ0v) is 28.0. The van der Waals surface area contributed by atoms with E-state index in [9.17, 15) is 19.7 Å². The molecule has 1 aromatic heterocycles. The lowest BCUT2D eigenvalue weighted by Gasteiger charge is -2.31. The maximum atomic E-state index is 13.4. The first kappa shape index (κ1) is 33.4. The monoisotopic (exact) mass is 712 g/mol. The first-order valence-electron chi connectivity index (χ1n) is 15.1. The molecule has 0 spiro atoms. The molecule has 1 atom stereocenters. The van der Waals surface area contributed by atoms with Crippen LogP contribution >= 0.6 is 28.1 Å². The summed E-state index contributed by atoms with van der Waals surface area (Å²) < 4.78 is 2.22. The number of anilines is 1. The van der Waals surface area contributed by atoms with E-state index in [0.29, 0.717) is 30.3 Å². The Morgan fingerprint density at radius 3 is 2.53 bits per heavy atom. The molecule has 10 nitrogen and oxygen atoms in total. The van der Waals surface area contributed by atoms with Crippen LogP contribution < -0.4 is 10.6 Å². The number of hydrogen-bond acceptors (Lipinski definition) is 6. The van der Waals surface area contributed by atoms with Crippen LogP contribution in [0.1, 0.15) is 41.4 Å². The molecule has 12 heteroatoms. The lowest BCUT2D eigenvalue weighted by atomic mass is 10.0. The molecule has 0 aliphatic heterocycles. The van der Waals surface area contributed by atoms with Gasteiger partial charge in [-0.15, -0.1) is 0 Å². The van der Waals surface area contributed by atoms with Crippen molar-refractivity contribution >= 4 is 67.2 Å². The molecule has 0 saturated carbocycles. The summed E-state index contributed by atoms with van der Waals surface area (Å²) >= 11 is 9.47. The van der Waals surface area contributed by atoms with E-state index in [2.05, 4.69) is 67.6 Å². The number of hydrogen-bond donors (Lipinski definition) is 2. The first-order valence-corrected chi connectivity index (χ1v) is 16.3. The van der Waals surface area contributed by atoms with Crippen molar-refractivity contribution in [3.8, 4) is 0 Å². The largest absolute Gasteiger partial charge is 0.351 e. The Hall–Kier alpha value is -4.94. The number of nitro groups is 1. The van der Waals surface area contributed by atoms with Crippen LogP contribution in [0.15, 0.2) is 108 Å². The maximum absolute atomic E-state index is 13.4. The molecular weight excluding hydrogens is 680 g/mol. The molecular formula is C35H33BrN6O4S. The van der Waals surface area contributed by atoms with Crippen molar-refractivity contribution in [1.29, 1.82) is 0 Å². The first-order chi connectivity index (χ1) is 22.7. The molecule has 0 aliphatic carbocycles. The minimum Gasteiger partial charge on any atom is -0.351 e. The van der Waals surface area contributed by atoms with Gasteiger partial charge in [0.1, 0.15) is 6.33 Å². The van der Waals surface area contributed by atoms with Crippen molar-refractivity contribution in [3.05, 3.63) is 135 Å². The number of nitrogens with zero attached hydrogens (tertiary/aromatic N) is 4. The molecule has 47 heavy (non-hydrogen) atoms. The number of thiocarbonyl (C=S) groups is 1. The fourth-order valence-corrected chi connectivity index (χ4v) is 6.05. The van der Waals surface area contributed by atoms with Crippen LogP contribution in [0.3, 0.4) is 0 Å². The molecule has 0 bridgehead atoms. The SMILES string of the molecule is CCCC(CN(Cc1cccc2ccccc12)C(=S)Nc1cccc(Br)c1)NC(=O)Cc1cncn1C(=O)c1ccc([N+](=O)[O-])cc1. The number of amides is 1. The number of nitro benzene ring substituents is 1. The highest BCUT2D eigenvalue weighted by Gasteiger charge is 2.22. The third-order valence-electron chi connectivity index (χ3n) is 7.65. The highest BCUT2D eigenvalue weighted by atomic mass is 79.9. The predicted octanol–water partition coefficient (Wildman–Crippen LogP) is 7.12. The van der Waals surface area contributed by atoms with Gasteiger partial charge in [-0.2, -0.15) is 0 Å². The summed E-state index contributed by atoms with van der Waals surface area (Å²) in [6.07, 6.45) is 4.27. The smallest absolute Gasteiger partial charge is 0.269 e. The highest BCUT2D eigenvalue weighted by molar-refractivity contribution is 9.10. The molecule has 1 unspecified atom stereocenters. The fourth-order valence-electron chi connectivity index (χ4n) is 5.39. The summed E-state index contributed by atoms with van der Waals surface area (Å²) in [4.78, 5) is 43.2. The Morgan fingerprint density at radius 2 is 1.79 bits per heavy atom. The van der Waals surface area contributed by atoms with E-state index in [-0.39, 0.29) is 29.6 Å². The Balaban J connectivity index is 1.33. The Labute approximate surface area is 286 Å². The van der Waals surface area contributed by atoms with E-state index in [1.807, 2.05) is 42.5 Å². The topological polar surface area (TPSA) is 122 Å². The normalized spacial score (nSPS) is 11.5. The molecule has 5 aromatic rings. The van der Waals surface area contributed by atoms with Gasteiger partial charge in [0.15, 0.2) is 5.11 Å². The summed E-state index contributed by atoms with van der Waals surface area (Å²) in [5, 5.41) is 20.3. The lowest BCUT2D eigenvalue weighted by Crippen LogP contribution is -2.47. The second-order valence-corrected chi connectivity index (χ2v) is 12.4. The van der Waals surface area contributed by atoms with Gasteiger partial charge in [0.25, 0.3) is 11.6 Å². The minimum atomic E-state index is -0.527. The zero-order chi connectivity index (χ0) is 33.3. The van der Waals surface area contributed by atoms with E-state index in [4.69, 9.17) is 12.2 Å². The van der Waals surface area contributed by atoms with Crippen molar-refractivity contribution < 1.29 is 14.5 Å². The van der Waals surface area contributed by atoms with Crippen LogP contribution in [0.2, 0.25) is 0 Å². The van der Waals surface area contributed by atoms with Crippen LogP contribution in [0.25, 0.3) is 10.8 Å². The van der Waals surface area contributed by atoms with E-state index in [1.54, 1.807) is 0 Å². The molecule has 0 aliphatic rings. The molecule has 0 saturated heterocycles. The van der Waals surface area contributed by atoms with Crippen molar-refractivity contribution in [2.24, 2.45) is 0 Å². The van der Waals surface area contributed by atoms with E-state index >= 15 is 0 Å². The van der Waals surface area contributed by atoms with Crippen molar-refractivity contribution in [3.63, 3.8) is 0 Å². The van der Waals surface area contributed by atoms with E-state index in [1.165, 1.54) is 41.4 Å². The number of imidazole rings is 1. The van der Waals surface area contributed by atoms with Crippen molar-refractivity contribution in [1.82, 2.24) is 19.8 Å². The quantitative estimate of drug-likeness (QED) is 0.0797. The number of aromatic nitrogens is 2. The number of fused-ring (bicyclic) bond motifs is 1. The van der Waals surface area contributed by atoms with E-state index < -0.39 is 10.8 Å². The number of carbonyl (C=O) groups is 2. The Kier molecular flexibility index (Phi) is 11.1. The molecule has 240 valence electrons. The third kappa shape index (κ3) is 8.66. The molecule has 0 fully saturated rings. The molecule has 4 aromatic carbocycles. The summed E-state index contributed by atoms with van der Waals surface area (Å²) in [6.45, 7) is 3.03. The van der Waals surface area contributed by atoms with Crippen LogP contribution in [0.5, 0.6) is 0 Å². The molecule has 1 amide bonds. The van der Waals surface area contributed by atoms with Crippen LogP contribution in [-0.4, -0.2) is 48.9 Å². The fraction of sp³-hybridized carbons (Fsp3) is 0.200. The summed E-state index contributed by atoms with van der Waals surface area (Å²) in [6, 6.07) is 27.3. The number of non-ortho nitro benzene ring substituents is 1. The van der Waals surface area contributed by atoms with Gasteiger partial charge >= 0.3 is 0 Å². The number of rotatable bonds is 12. The lowest BCUT2D eigenvalue weighted by molar-refractivity contribution is -0.384. The highest BCUT2D eigenvalue weighted by Crippen LogP contribution is 2.22.